The van der Waals surface area contributed by atoms with Gasteiger partial charge in [-0.15, -0.1) is 0 Å². The lowest BCUT2D eigenvalue weighted by atomic mass is 9.77. The van der Waals surface area contributed by atoms with Crippen molar-refractivity contribution in [3.05, 3.63) is 45.0 Å². The molecular weight excluding hydrogens is 280 g/mol. The van der Waals surface area contributed by atoms with Crippen molar-refractivity contribution in [3.63, 3.8) is 0 Å². The first-order chi connectivity index (χ1) is 9.90. The van der Waals surface area contributed by atoms with Crippen LogP contribution in [-0.4, -0.2) is 5.04 Å². The van der Waals surface area contributed by atoms with E-state index in [1.165, 1.54) is 0 Å². The van der Waals surface area contributed by atoms with Gasteiger partial charge >= 0.3 is 0 Å². The maximum Gasteiger partial charge on any atom is 0.106 e. The number of allylic oxidation sites excluding steroid dienone is 1. The zero-order valence-corrected chi connectivity index (χ0v) is 13.0. The molecule has 21 heavy (non-hydrogen) atoms. The second-order valence-corrected chi connectivity index (χ2v) is 6.34. The highest BCUT2D eigenvalue weighted by atomic mass is 32.2. The second kappa shape index (κ2) is 5.63. The van der Waals surface area contributed by atoms with Crippen LogP contribution in [0.15, 0.2) is 22.7 Å². The molecule has 0 unspecified atom stereocenters. The highest BCUT2D eigenvalue weighted by Crippen LogP contribution is 2.44. The summed E-state index contributed by atoms with van der Waals surface area (Å²) in [7, 11) is 0. The van der Waals surface area contributed by atoms with Crippen LogP contribution in [0, 0.1) is 54.8 Å². The first-order valence-electron chi connectivity index (χ1n) is 6.54. The summed E-state index contributed by atoms with van der Waals surface area (Å²) >= 11 is 1.02. The van der Waals surface area contributed by atoms with Crippen LogP contribution in [-0.2, 0) is 0 Å². The van der Waals surface area contributed by atoms with Gasteiger partial charge in [0.15, 0.2) is 0 Å². The standard InChI is InChI=1S/C16H16N4S/c1-8-4-9(2)13(10(3)5-8)14-11(6-17)15(19)21-16(20)12(14)7-18/h4-5,11,14,19H,20H2,1-3H3/t11-,14+/m0/s1. The molecule has 1 heterocycles. The van der Waals surface area contributed by atoms with Crippen molar-refractivity contribution < 1.29 is 0 Å². The quantitative estimate of drug-likeness (QED) is 0.831. The Balaban J connectivity index is 2.75. The van der Waals surface area contributed by atoms with Crippen LogP contribution in [0.3, 0.4) is 0 Å². The summed E-state index contributed by atoms with van der Waals surface area (Å²) in [4.78, 5) is 0. The van der Waals surface area contributed by atoms with Crippen molar-refractivity contribution in [3.8, 4) is 12.1 Å². The maximum atomic E-state index is 9.45. The number of nitrogens with zero attached hydrogens (tertiary/aromatic N) is 2. The van der Waals surface area contributed by atoms with E-state index < -0.39 is 11.8 Å². The summed E-state index contributed by atoms with van der Waals surface area (Å²) in [5, 5.41) is 27.5. The Morgan fingerprint density at radius 3 is 2.24 bits per heavy atom. The van der Waals surface area contributed by atoms with Crippen LogP contribution < -0.4 is 5.73 Å². The largest absolute Gasteiger partial charge is 0.392 e. The first-order valence-corrected chi connectivity index (χ1v) is 7.35. The molecule has 0 amide bonds. The van der Waals surface area contributed by atoms with E-state index in [1.54, 1.807) is 0 Å². The predicted molar refractivity (Wildman–Crippen MR) is 84.6 cm³/mol. The van der Waals surface area contributed by atoms with E-state index in [9.17, 15) is 10.5 Å². The lowest BCUT2D eigenvalue weighted by Gasteiger charge is -2.30. The Morgan fingerprint density at radius 1 is 1.19 bits per heavy atom. The molecule has 5 heteroatoms. The number of nitrogens with two attached hydrogens (primary N) is 1. The number of nitrogens with one attached hydrogen (secondary N) is 1. The van der Waals surface area contributed by atoms with Gasteiger partial charge in [-0.1, -0.05) is 29.5 Å². The van der Waals surface area contributed by atoms with Gasteiger partial charge in [0.1, 0.15) is 5.92 Å². The van der Waals surface area contributed by atoms with Crippen LogP contribution in [0.2, 0.25) is 0 Å². The van der Waals surface area contributed by atoms with Crippen molar-refractivity contribution in [2.45, 2.75) is 26.7 Å². The molecule has 0 radical (unpaired) electrons. The van der Waals surface area contributed by atoms with Crippen LogP contribution in [0.5, 0.6) is 0 Å². The fraction of sp³-hybridized carbons (Fsp3) is 0.312. The Hall–Kier alpha value is -2.24. The maximum absolute atomic E-state index is 9.45. The monoisotopic (exact) mass is 296 g/mol. The average molecular weight is 296 g/mol. The van der Waals surface area contributed by atoms with E-state index in [4.69, 9.17) is 11.1 Å². The summed E-state index contributed by atoms with van der Waals surface area (Å²) in [6, 6.07) is 8.38. The van der Waals surface area contributed by atoms with Gasteiger partial charge in [-0.3, -0.25) is 5.41 Å². The molecule has 0 bridgehead atoms. The fourth-order valence-corrected chi connectivity index (χ4v) is 3.79. The van der Waals surface area contributed by atoms with Crippen LogP contribution in [0.4, 0.5) is 0 Å². The normalized spacial score (nSPS) is 21.9. The Bertz CT molecular complexity index is 711. The number of hydrogen-bond donors (Lipinski definition) is 2. The topological polar surface area (TPSA) is 97.4 Å². The molecule has 0 spiro atoms. The van der Waals surface area contributed by atoms with Gasteiger partial charge in [-0.25, -0.2) is 0 Å². The van der Waals surface area contributed by atoms with E-state index >= 15 is 0 Å². The second-order valence-electron chi connectivity index (χ2n) is 5.25. The molecule has 0 saturated heterocycles. The summed E-state index contributed by atoms with van der Waals surface area (Å²) in [6.07, 6.45) is 0. The summed E-state index contributed by atoms with van der Waals surface area (Å²) in [6.45, 7) is 5.96. The van der Waals surface area contributed by atoms with Crippen LogP contribution in [0.25, 0.3) is 0 Å². The minimum atomic E-state index is -0.656. The van der Waals surface area contributed by atoms with Crippen molar-refractivity contribution in [1.29, 1.82) is 15.9 Å². The zero-order valence-electron chi connectivity index (χ0n) is 12.2. The summed E-state index contributed by atoms with van der Waals surface area (Å²) in [5.41, 5.74) is 10.5. The third-order valence-corrected chi connectivity index (χ3v) is 4.63. The Labute approximate surface area is 128 Å². The van der Waals surface area contributed by atoms with E-state index in [2.05, 4.69) is 12.1 Å². The minimum Gasteiger partial charge on any atom is -0.392 e. The zero-order chi connectivity index (χ0) is 15.7. The predicted octanol–water partition coefficient (Wildman–Crippen LogP) is 3.25. The summed E-state index contributed by atoms with van der Waals surface area (Å²) < 4.78 is 0. The SMILES string of the molecule is Cc1cc(C)c([C@H]2C(C#N)=C(N)SC(=N)[C@H]2C#N)c(C)c1. The Kier molecular flexibility index (Phi) is 4.06. The highest BCUT2D eigenvalue weighted by molar-refractivity contribution is 8.17. The molecule has 3 N–H and O–H groups in total. The van der Waals surface area contributed by atoms with Gasteiger partial charge in [-0.05, 0) is 37.5 Å². The average Bonchev–Trinajstić information content (AvgIpc) is 2.37. The molecule has 0 aromatic heterocycles. The minimum absolute atomic E-state index is 0.207. The molecule has 2 atom stereocenters. The van der Waals surface area contributed by atoms with E-state index in [0.717, 1.165) is 34.0 Å². The molecule has 0 saturated carbocycles. The third kappa shape index (κ3) is 2.53. The lowest BCUT2D eigenvalue weighted by molar-refractivity contribution is 0.719. The number of thioether (sulfide) groups is 1. The fourth-order valence-electron chi connectivity index (χ4n) is 2.96. The van der Waals surface area contributed by atoms with Crippen LogP contribution >= 0.6 is 11.8 Å². The molecule has 2 rings (SSSR count). The van der Waals surface area contributed by atoms with E-state index in [-0.39, 0.29) is 5.04 Å². The number of aryl methyl sites for hydroxylation is 3. The van der Waals surface area contributed by atoms with E-state index in [0.29, 0.717) is 10.6 Å². The first kappa shape index (κ1) is 15.2. The number of rotatable bonds is 1. The number of nitriles is 2. The van der Waals surface area contributed by atoms with Gasteiger partial charge in [-0.2, -0.15) is 10.5 Å². The van der Waals surface area contributed by atoms with Gasteiger partial charge in [0.05, 0.1) is 27.8 Å². The van der Waals surface area contributed by atoms with Gasteiger partial charge in [0, 0.05) is 5.92 Å². The van der Waals surface area contributed by atoms with E-state index in [1.807, 2.05) is 32.9 Å². The number of hydrogen-bond acceptors (Lipinski definition) is 5. The third-order valence-electron chi connectivity index (χ3n) is 3.72. The van der Waals surface area contributed by atoms with Gasteiger partial charge in [0.2, 0.25) is 0 Å². The molecule has 1 aromatic carbocycles. The molecule has 1 aromatic rings. The molecule has 0 fully saturated rings. The van der Waals surface area contributed by atoms with Crippen molar-refractivity contribution in [2.24, 2.45) is 11.7 Å². The van der Waals surface area contributed by atoms with Crippen molar-refractivity contribution in [2.75, 3.05) is 0 Å². The molecule has 106 valence electrons. The molecule has 0 aliphatic carbocycles. The molecule has 1 aliphatic rings. The Morgan fingerprint density at radius 2 is 1.76 bits per heavy atom. The molecule has 4 nitrogen and oxygen atoms in total. The van der Waals surface area contributed by atoms with Crippen molar-refractivity contribution in [1.82, 2.24) is 0 Å². The number of benzene rings is 1. The molecular formula is C16H16N4S. The highest BCUT2D eigenvalue weighted by Gasteiger charge is 2.38. The smallest absolute Gasteiger partial charge is 0.106 e. The summed E-state index contributed by atoms with van der Waals surface area (Å²) in [5.74, 6) is -1.11. The molecule has 1 aliphatic heterocycles. The van der Waals surface area contributed by atoms with Crippen molar-refractivity contribution >= 4 is 16.8 Å². The van der Waals surface area contributed by atoms with Gasteiger partial charge in [0.25, 0.3) is 0 Å². The lowest BCUT2D eigenvalue weighted by Crippen LogP contribution is -2.28. The van der Waals surface area contributed by atoms with Crippen LogP contribution in [0.1, 0.15) is 28.2 Å². The van der Waals surface area contributed by atoms with Gasteiger partial charge < -0.3 is 5.73 Å².